The van der Waals surface area contributed by atoms with Crippen LogP contribution in [0.25, 0.3) is 5.69 Å². The molecule has 1 saturated heterocycles. The molecule has 144 valence electrons. The Morgan fingerprint density at radius 2 is 1.86 bits per heavy atom. The van der Waals surface area contributed by atoms with Crippen molar-refractivity contribution >= 4 is 17.3 Å². The summed E-state index contributed by atoms with van der Waals surface area (Å²) in [7, 11) is 0. The molecule has 1 aliphatic rings. The zero-order valence-corrected chi connectivity index (χ0v) is 16.6. The number of nitrogens with one attached hydrogen (secondary N) is 1. The molecule has 3 aromatic rings. The lowest BCUT2D eigenvalue weighted by Gasteiger charge is -2.29. The maximum absolute atomic E-state index is 9.38. The molecule has 0 aliphatic carbocycles. The van der Waals surface area contributed by atoms with Crippen LogP contribution in [0.1, 0.15) is 35.6 Å². The first-order chi connectivity index (χ1) is 13.7. The van der Waals surface area contributed by atoms with E-state index in [9.17, 15) is 5.11 Å². The van der Waals surface area contributed by atoms with E-state index < -0.39 is 0 Å². The highest BCUT2D eigenvalue weighted by Gasteiger charge is 2.41. The average molecular weight is 393 g/mol. The summed E-state index contributed by atoms with van der Waals surface area (Å²) in [5.41, 5.74) is 4.41. The molecule has 1 aromatic carbocycles. The first kappa shape index (κ1) is 18.7. The summed E-state index contributed by atoms with van der Waals surface area (Å²) in [6, 6.07) is 20.6. The van der Waals surface area contributed by atoms with Crippen molar-refractivity contribution in [3.05, 3.63) is 83.9 Å². The van der Waals surface area contributed by atoms with Gasteiger partial charge in [0.25, 0.3) is 0 Å². The van der Waals surface area contributed by atoms with Gasteiger partial charge in [-0.25, -0.2) is 0 Å². The smallest absolute Gasteiger partial charge is 0.170 e. The zero-order chi connectivity index (χ0) is 19.5. The molecule has 2 aromatic heterocycles. The summed E-state index contributed by atoms with van der Waals surface area (Å²) in [4.78, 5) is 6.77. The molecule has 0 radical (unpaired) electrons. The van der Waals surface area contributed by atoms with Crippen LogP contribution in [0, 0.1) is 6.92 Å². The van der Waals surface area contributed by atoms with E-state index in [1.165, 1.54) is 5.69 Å². The molecule has 0 unspecified atom stereocenters. The highest BCUT2D eigenvalue weighted by Crippen LogP contribution is 2.40. The molecule has 0 amide bonds. The number of benzene rings is 1. The second-order valence-corrected chi connectivity index (χ2v) is 7.35. The van der Waals surface area contributed by atoms with Crippen molar-refractivity contribution < 1.29 is 5.11 Å². The van der Waals surface area contributed by atoms with Crippen molar-refractivity contribution in [3.8, 4) is 5.69 Å². The van der Waals surface area contributed by atoms with Gasteiger partial charge in [-0.05, 0) is 62.0 Å². The Balaban J connectivity index is 1.82. The summed E-state index contributed by atoms with van der Waals surface area (Å²) in [6.45, 7) is 2.94. The highest BCUT2D eigenvalue weighted by atomic mass is 32.1. The fraction of sp³-hybridized carbons (Fsp3) is 0.273. The number of aromatic nitrogens is 2. The van der Waals surface area contributed by atoms with E-state index in [0.717, 1.165) is 17.1 Å². The SMILES string of the molecule is Cc1ccc([C@@H]2[C@H](c3ccccn3)NC(=S)N2CCCO)n1-c1ccccc1. The number of aliphatic hydroxyl groups is 1. The predicted molar refractivity (Wildman–Crippen MR) is 114 cm³/mol. The molecule has 6 heteroatoms. The lowest BCUT2D eigenvalue weighted by molar-refractivity contribution is 0.244. The largest absolute Gasteiger partial charge is 0.396 e. The van der Waals surface area contributed by atoms with Crippen LogP contribution in [0.4, 0.5) is 0 Å². The number of hydrogen-bond acceptors (Lipinski definition) is 3. The Morgan fingerprint density at radius 3 is 2.57 bits per heavy atom. The third-order valence-electron chi connectivity index (χ3n) is 5.18. The molecule has 0 spiro atoms. The molecule has 2 N–H and O–H groups in total. The molecule has 3 heterocycles. The quantitative estimate of drug-likeness (QED) is 0.629. The van der Waals surface area contributed by atoms with Gasteiger partial charge in [-0.15, -0.1) is 0 Å². The van der Waals surface area contributed by atoms with E-state index in [2.05, 4.69) is 63.1 Å². The van der Waals surface area contributed by atoms with Crippen molar-refractivity contribution in [2.75, 3.05) is 13.2 Å². The lowest BCUT2D eigenvalue weighted by atomic mass is 10.0. The molecule has 5 nitrogen and oxygen atoms in total. The van der Waals surface area contributed by atoms with E-state index in [-0.39, 0.29) is 18.7 Å². The molecular weight excluding hydrogens is 368 g/mol. The fourth-order valence-electron chi connectivity index (χ4n) is 3.93. The van der Waals surface area contributed by atoms with Gasteiger partial charge in [0.2, 0.25) is 0 Å². The van der Waals surface area contributed by atoms with Gasteiger partial charge in [0.05, 0.1) is 17.8 Å². The minimum absolute atomic E-state index is 0.0112. The highest BCUT2D eigenvalue weighted by molar-refractivity contribution is 7.80. The minimum Gasteiger partial charge on any atom is -0.396 e. The standard InChI is InChI=1S/C22H24N4OS/c1-16-11-12-19(26(16)17-8-3-2-4-9-17)21-20(18-10-5-6-13-23-18)24-22(28)25(21)14-7-15-27/h2-6,8-13,20-21,27H,7,14-15H2,1H3,(H,24,28)/t20-,21+/m0/s1. The van der Waals surface area contributed by atoms with Crippen molar-refractivity contribution in [2.45, 2.75) is 25.4 Å². The monoisotopic (exact) mass is 392 g/mol. The van der Waals surface area contributed by atoms with Crippen molar-refractivity contribution in [1.29, 1.82) is 0 Å². The summed E-state index contributed by atoms with van der Waals surface area (Å²) < 4.78 is 2.28. The second kappa shape index (κ2) is 8.12. The topological polar surface area (TPSA) is 53.3 Å². The first-order valence-corrected chi connectivity index (χ1v) is 9.94. The van der Waals surface area contributed by atoms with Crippen molar-refractivity contribution in [1.82, 2.24) is 19.8 Å². The van der Waals surface area contributed by atoms with Crippen molar-refractivity contribution in [3.63, 3.8) is 0 Å². The van der Waals surface area contributed by atoms with E-state index >= 15 is 0 Å². The molecule has 2 atom stereocenters. The Kier molecular flexibility index (Phi) is 5.41. The molecular formula is C22H24N4OS. The number of rotatable bonds is 6. The van der Waals surface area contributed by atoms with Gasteiger partial charge >= 0.3 is 0 Å². The molecule has 4 rings (SSSR count). The number of pyridine rings is 1. The summed E-state index contributed by atoms with van der Waals surface area (Å²) in [5.74, 6) is 0. The average Bonchev–Trinajstić information content (AvgIpc) is 3.27. The van der Waals surface area contributed by atoms with Gasteiger partial charge in [0.1, 0.15) is 0 Å². The molecule has 1 aliphatic heterocycles. The molecule has 0 saturated carbocycles. The van der Waals surface area contributed by atoms with Gasteiger partial charge in [-0.2, -0.15) is 0 Å². The normalized spacial score (nSPS) is 19.1. The Bertz CT molecular complexity index is 942. The van der Waals surface area contributed by atoms with Crippen LogP contribution in [-0.2, 0) is 0 Å². The summed E-state index contributed by atoms with van der Waals surface area (Å²) >= 11 is 5.67. The Labute approximate surface area is 170 Å². The van der Waals surface area contributed by atoms with Crippen LogP contribution >= 0.6 is 12.2 Å². The number of aryl methyl sites for hydroxylation is 1. The van der Waals surface area contributed by atoms with Crippen LogP contribution in [0.3, 0.4) is 0 Å². The molecule has 28 heavy (non-hydrogen) atoms. The van der Waals surface area contributed by atoms with Crippen LogP contribution in [0.2, 0.25) is 0 Å². The maximum atomic E-state index is 9.38. The van der Waals surface area contributed by atoms with E-state index in [1.807, 2.05) is 30.5 Å². The fourth-order valence-corrected chi connectivity index (χ4v) is 4.26. The number of para-hydroxylation sites is 1. The van der Waals surface area contributed by atoms with Crippen LogP contribution in [0.5, 0.6) is 0 Å². The summed E-state index contributed by atoms with van der Waals surface area (Å²) in [5, 5.41) is 13.5. The third kappa shape index (κ3) is 3.41. The first-order valence-electron chi connectivity index (χ1n) is 9.53. The van der Waals surface area contributed by atoms with Gasteiger partial charge in [-0.3, -0.25) is 4.98 Å². The Hall–Kier alpha value is -2.70. The maximum Gasteiger partial charge on any atom is 0.170 e. The number of hydrogen-bond donors (Lipinski definition) is 2. The van der Waals surface area contributed by atoms with Crippen LogP contribution in [0.15, 0.2) is 66.9 Å². The van der Waals surface area contributed by atoms with Gasteiger partial charge in [-0.1, -0.05) is 24.3 Å². The number of aliphatic hydroxyl groups excluding tert-OH is 1. The number of nitrogens with zero attached hydrogens (tertiary/aromatic N) is 3. The third-order valence-corrected chi connectivity index (χ3v) is 5.53. The Morgan fingerprint density at radius 1 is 1.07 bits per heavy atom. The van der Waals surface area contributed by atoms with E-state index in [0.29, 0.717) is 18.1 Å². The van der Waals surface area contributed by atoms with Crippen molar-refractivity contribution in [2.24, 2.45) is 0 Å². The van der Waals surface area contributed by atoms with E-state index in [4.69, 9.17) is 12.2 Å². The van der Waals surface area contributed by atoms with Gasteiger partial charge in [0, 0.05) is 36.4 Å². The van der Waals surface area contributed by atoms with Crippen LogP contribution in [-0.4, -0.2) is 37.8 Å². The minimum atomic E-state index is -0.0517. The molecule has 0 bridgehead atoms. The van der Waals surface area contributed by atoms with Crippen LogP contribution < -0.4 is 5.32 Å². The second-order valence-electron chi connectivity index (χ2n) is 6.97. The van der Waals surface area contributed by atoms with Gasteiger partial charge < -0.3 is 19.9 Å². The lowest BCUT2D eigenvalue weighted by Crippen LogP contribution is -2.32. The van der Waals surface area contributed by atoms with Gasteiger partial charge in [0.15, 0.2) is 5.11 Å². The van der Waals surface area contributed by atoms with E-state index in [1.54, 1.807) is 0 Å². The zero-order valence-electron chi connectivity index (χ0n) is 15.8. The number of thiocarbonyl (C=S) groups is 1. The summed E-state index contributed by atoms with van der Waals surface area (Å²) in [6.07, 6.45) is 2.48. The predicted octanol–water partition coefficient (Wildman–Crippen LogP) is 3.54. The molecule has 1 fully saturated rings.